The maximum absolute atomic E-state index is 12.6. The highest BCUT2D eigenvalue weighted by atomic mass is 32.2. The summed E-state index contributed by atoms with van der Waals surface area (Å²) in [7, 11) is -3.26. The molecule has 0 spiro atoms. The number of hydrogen-bond donors (Lipinski definition) is 1. The molecule has 1 fully saturated rings. The van der Waals surface area contributed by atoms with Gasteiger partial charge in [-0.2, -0.15) is 0 Å². The predicted molar refractivity (Wildman–Crippen MR) is 104 cm³/mol. The molecule has 0 unspecified atom stereocenters. The van der Waals surface area contributed by atoms with Crippen molar-refractivity contribution in [3.8, 4) is 0 Å². The molecule has 25 heavy (non-hydrogen) atoms. The zero-order valence-corrected chi connectivity index (χ0v) is 16.3. The van der Waals surface area contributed by atoms with Crippen molar-refractivity contribution in [3.05, 3.63) is 38.8 Å². The molecule has 1 aromatic heterocycles. The Labute approximate surface area is 158 Å². The fourth-order valence-electron chi connectivity index (χ4n) is 2.40. The molecule has 2 aliphatic rings. The molecule has 3 heterocycles. The van der Waals surface area contributed by atoms with E-state index in [0.29, 0.717) is 9.23 Å². The van der Waals surface area contributed by atoms with Crippen LogP contribution in [0.15, 0.2) is 33.9 Å². The highest BCUT2D eigenvalue weighted by Crippen LogP contribution is 2.34. The van der Waals surface area contributed by atoms with E-state index < -0.39 is 27.8 Å². The molecule has 0 aromatic carbocycles. The minimum atomic E-state index is -3.26. The summed E-state index contributed by atoms with van der Waals surface area (Å²) in [5, 5.41) is 5.63. The lowest BCUT2D eigenvalue weighted by Gasteiger charge is -2.23. The summed E-state index contributed by atoms with van der Waals surface area (Å²) in [6.07, 6.45) is 3.18. The Balaban J connectivity index is 1.70. The molecule has 10 heteroatoms. The topological polar surface area (TPSA) is 83.6 Å². The molecule has 0 saturated carbocycles. The van der Waals surface area contributed by atoms with Crippen LogP contribution in [0, 0.1) is 0 Å². The zero-order chi connectivity index (χ0) is 18.2. The van der Waals surface area contributed by atoms with Gasteiger partial charge >= 0.3 is 0 Å². The van der Waals surface area contributed by atoms with Crippen LogP contribution >= 0.6 is 35.3 Å². The van der Waals surface area contributed by atoms with Crippen LogP contribution in [0.3, 0.4) is 0 Å². The molecule has 1 aromatic rings. The number of carbonyl (C=O) groups is 2. The predicted octanol–water partition coefficient (Wildman–Crippen LogP) is 1.76. The molecule has 3 rings (SSSR count). The van der Waals surface area contributed by atoms with Crippen molar-refractivity contribution >= 4 is 67.4 Å². The van der Waals surface area contributed by atoms with Gasteiger partial charge in [0.05, 0.1) is 16.7 Å². The number of sulfone groups is 1. The maximum atomic E-state index is 12.6. The number of amides is 2. The van der Waals surface area contributed by atoms with Gasteiger partial charge in [0.15, 0.2) is 9.84 Å². The number of carbonyl (C=O) groups excluding carboxylic acids is 2. The molecule has 6 nitrogen and oxygen atoms in total. The summed E-state index contributed by atoms with van der Waals surface area (Å²) in [4.78, 5) is 27.6. The first-order chi connectivity index (χ1) is 11.8. The Morgan fingerprint density at radius 3 is 2.88 bits per heavy atom. The van der Waals surface area contributed by atoms with Crippen molar-refractivity contribution in [2.75, 3.05) is 5.75 Å². The van der Waals surface area contributed by atoms with Gasteiger partial charge in [-0.15, -0.1) is 11.3 Å². The molecule has 2 amide bonds. The van der Waals surface area contributed by atoms with Crippen molar-refractivity contribution in [3.63, 3.8) is 0 Å². The van der Waals surface area contributed by atoms with Crippen molar-refractivity contribution in [1.29, 1.82) is 0 Å². The van der Waals surface area contributed by atoms with Gasteiger partial charge in [0.25, 0.3) is 5.91 Å². The van der Waals surface area contributed by atoms with Gasteiger partial charge in [0, 0.05) is 10.3 Å². The number of hydrogen-bond acceptors (Lipinski definition) is 7. The largest absolute Gasteiger partial charge is 0.347 e. The van der Waals surface area contributed by atoms with E-state index in [4.69, 9.17) is 12.2 Å². The third-order valence-corrected chi connectivity index (χ3v) is 7.21. The summed E-state index contributed by atoms with van der Waals surface area (Å²) in [5.41, 5.74) is 0. The lowest BCUT2D eigenvalue weighted by Crippen LogP contribution is -2.49. The first kappa shape index (κ1) is 18.3. The van der Waals surface area contributed by atoms with E-state index in [9.17, 15) is 18.0 Å². The van der Waals surface area contributed by atoms with Crippen LogP contribution in [-0.4, -0.2) is 47.3 Å². The van der Waals surface area contributed by atoms with E-state index >= 15 is 0 Å². The third kappa shape index (κ3) is 4.02. The molecular weight excluding hydrogens is 400 g/mol. The second-order valence-corrected chi connectivity index (χ2v) is 10.1. The van der Waals surface area contributed by atoms with Crippen LogP contribution in [0.4, 0.5) is 0 Å². The second kappa shape index (κ2) is 7.02. The molecule has 2 atom stereocenters. The van der Waals surface area contributed by atoms with Gasteiger partial charge in [0.2, 0.25) is 5.91 Å². The van der Waals surface area contributed by atoms with E-state index in [2.05, 4.69) is 5.32 Å². The van der Waals surface area contributed by atoms with Gasteiger partial charge in [0.1, 0.15) is 10.4 Å². The fraction of sp³-hybridized carbons (Fsp3) is 0.267. The first-order valence-electron chi connectivity index (χ1n) is 7.29. The van der Waals surface area contributed by atoms with Crippen molar-refractivity contribution in [1.82, 2.24) is 10.2 Å². The van der Waals surface area contributed by atoms with Gasteiger partial charge in [-0.3, -0.25) is 14.5 Å². The van der Waals surface area contributed by atoms with Crippen LogP contribution in [0.25, 0.3) is 6.08 Å². The molecular formula is C15H14N2O4S4. The van der Waals surface area contributed by atoms with E-state index in [1.165, 1.54) is 22.3 Å². The lowest BCUT2D eigenvalue weighted by atomic mass is 10.2. The quantitative estimate of drug-likeness (QED) is 0.597. The highest BCUT2D eigenvalue weighted by Gasteiger charge is 2.39. The van der Waals surface area contributed by atoms with Gasteiger partial charge in [-0.1, -0.05) is 30.0 Å². The molecule has 0 bridgehead atoms. The van der Waals surface area contributed by atoms with Crippen LogP contribution in [0.5, 0.6) is 0 Å². The highest BCUT2D eigenvalue weighted by molar-refractivity contribution is 8.26. The molecule has 132 valence electrons. The fourth-order valence-corrected chi connectivity index (χ4v) is 5.78. The van der Waals surface area contributed by atoms with E-state index in [-0.39, 0.29) is 11.7 Å². The molecule has 1 saturated heterocycles. The Hall–Kier alpha value is -1.49. The number of rotatable bonds is 4. The number of thioether (sulfide) groups is 1. The third-order valence-electron chi connectivity index (χ3n) is 3.66. The van der Waals surface area contributed by atoms with Gasteiger partial charge in [-0.25, -0.2) is 8.42 Å². The number of thiophene rings is 1. The lowest BCUT2D eigenvalue weighted by molar-refractivity contribution is -0.132. The van der Waals surface area contributed by atoms with Crippen molar-refractivity contribution < 1.29 is 18.0 Å². The average Bonchev–Trinajstić information content (AvgIpc) is 3.21. The summed E-state index contributed by atoms with van der Waals surface area (Å²) < 4.78 is 23.1. The summed E-state index contributed by atoms with van der Waals surface area (Å²) in [5.74, 6) is -0.927. The second-order valence-electron chi connectivity index (χ2n) is 5.52. The van der Waals surface area contributed by atoms with E-state index in [0.717, 1.165) is 22.0 Å². The van der Waals surface area contributed by atoms with Crippen molar-refractivity contribution in [2.45, 2.75) is 19.0 Å². The average molecular weight is 415 g/mol. The van der Waals surface area contributed by atoms with Crippen LogP contribution < -0.4 is 5.32 Å². The van der Waals surface area contributed by atoms with Crippen molar-refractivity contribution in [2.24, 2.45) is 0 Å². The monoisotopic (exact) mass is 414 g/mol. The van der Waals surface area contributed by atoms with Crippen LogP contribution in [-0.2, 0) is 19.4 Å². The molecule has 0 radical (unpaired) electrons. The maximum Gasteiger partial charge on any atom is 0.266 e. The number of nitrogens with one attached hydrogen (secondary N) is 1. The van der Waals surface area contributed by atoms with Crippen LogP contribution in [0.1, 0.15) is 11.8 Å². The Morgan fingerprint density at radius 2 is 2.28 bits per heavy atom. The van der Waals surface area contributed by atoms with Crippen LogP contribution in [0.2, 0.25) is 0 Å². The van der Waals surface area contributed by atoms with Gasteiger partial charge in [-0.05, 0) is 30.5 Å². The summed E-state index contributed by atoms with van der Waals surface area (Å²) in [6, 6.07) is 2.37. The zero-order valence-electron chi connectivity index (χ0n) is 13.0. The van der Waals surface area contributed by atoms with Gasteiger partial charge < -0.3 is 5.32 Å². The molecule has 2 aliphatic heterocycles. The Bertz CT molecular complexity index is 887. The Morgan fingerprint density at radius 1 is 1.52 bits per heavy atom. The number of thiocarbonyl (C=S) groups is 1. The first-order valence-corrected chi connectivity index (χ1v) is 11.1. The molecule has 0 aliphatic carbocycles. The minimum absolute atomic E-state index is 0.165. The standard InChI is InChI=1S/C15H14N2O4S4/c1-9(13(18)16-10-4-6-25(20,21)8-10)17-14(19)12(24-15(17)22)7-11-3-2-5-23-11/h2-7,9-10H,8H2,1H3,(H,16,18)/b12-7-/t9-,10-/m0/s1. The van der Waals surface area contributed by atoms with E-state index in [1.54, 1.807) is 13.0 Å². The summed E-state index contributed by atoms with van der Waals surface area (Å²) >= 11 is 7.90. The SMILES string of the molecule is C[C@@H](C(=O)N[C@H]1C=CS(=O)(=O)C1)N1C(=O)/C(=C/c2cccs2)SC1=S. The molecule has 1 N–H and O–H groups in total. The smallest absolute Gasteiger partial charge is 0.266 e. The summed E-state index contributed by atoms with van der Waals surface area (Å²) in [6.45, 7) is 1.57. The Kier molecular flexibility index (Phi) is 5.14. The minimum Gasteiger partial charge on any atom is -0.347 e. The van der Waals surface area contributed by atoms with E-state index in [1.807, 2.05) is 17.5 Å². The normalized spacial score (nSPS) is 24.9. The number of nitrogens with zero attached hydrogens (tertiary/aromatic N) is 1.